The molecule has 0 radical (unpaired) electrons. The molecule has 1 aromatic heterocycles. The van der Waals surface area contributed by atoms with Crippen LogP contribution in [0.2, 0.25) is 0 Å². The molecule has 0 spiro atoms. The highest BCUT2D eigenvalue weighted by Gasteiger charge is 2.09. The topological polar surface area (TPSA) is 33.2 Å². The van der Waals surface area contributed by atoms with Gasteiger partial charge in [-0.2, -0.15) is 0 Å². The van der Waals surface area contributed by atoms with Crippen molar-refractivity contribution in [1.29, 1.82) is 0 Å². The van der Waals surface area contributed by atoms with Crippen molar-refractivity contribution < 1.29 is 9.18 Å². The van der Waals surface area contributed by atoms with Gasteiger partial charge in [-0.15, -0.1) is 11.3 Å². The highest BCUT2D eigenvalue weighted by atomic mass is 32.1. The summed E-state index contributed by atoms with van der Waals surface area (Å²) in [6, 6.07) is 14.0. The molecule has 0 aliphatic rings. The van der Waals surface area contributed by atoms with E-state index in [0.29, 0.717) is 12.1 Å². The van der Waals surface area contributed by atoms with Crippen molar-refractivity contribution in [3.8, 4) is 0 Å². The molecule has 116 valence electrons. The predicted octanol–water partition coefficient (Wildman–Crippen LogP) is 4.11. The molecule has 0 saturated carbocycles. The third-order valence-corrected chi connectivity index (χ3v) is 4.38. The van der Waals surface area contributed by atoms with Crippen LogP contribution in [0.15, 0.2) is 54.6 Å². The third-order valence-electron chi connectivity index (χ3n) is 3.35. The summed E-state index contributed by atoms with van der Waals surface area (Å²) in [5.41, 5.74) is 1.61. The van der Waals surface area contributed by atoms with Crippen molar-refractivity contribution in [2.24, 2.45) is 0 Å². The molecule has 5 heteroatoms. The molecule has 1 heterocycles. The van der Waals surface area contributed by atoms with Crippen LogP contribution in [-0.2, 0) is 11.3 Å². The van der Waals surface area contributed by atoms with Crippen LogP contribution in [0.25, 0.3) is 16.3 Å². The lowest BCUT2D eigenvalue weighted by Crippen LogP contribution is -2.23. The molecule has 0 bridgehead atoms. The van der Waals surface area contributed by atoms with Gasteiger partial charge in [-0.1, -0.05) is 24.3 Å². The summed E-state index contributed by atoms with van der Waals surface area (Å²) in [6.45, 7) is 0.450. The van der Waals surface area contributed by atoms with Gasteiger partial charge in [-0.25, -0.2) is 9.37 Å². The van der Waals surface area contributed by atoms with Gasteiger partial charge in [0, 0.05) is 13.1 Å². The number of carbonyl (C=O) groups is 1. The summed E-state index contributed by atoms with van der Waals surface area (Å²) >= 11 is 1.58. The molecule has 0 N–H and O–H groups in total. The van der Waals surface area contributed by atoms with Crippen LogP contribution < -0.4 is 0 Å². The van der Waals surface area contributed by atoms with Crippen LogP contribution in [0.5, 0.6) is 0 Å². The summed E-state index contributed by atoms with van der Waals surface area (Å²) in [5, 5.41) is 0.890. The summed E-state index contributed by atoms with van der Waals surface area (Å²) in [5.74, 6) is -0.462. The van der Waals surface area contributed by atoms with Gasteiger partial charge >= 0.3 is 0 Å². The Bertz CT molecular complexity index is 839. The molecular formula is C18H15FN2OS. The lowest BCUT2D eigenvalue weighted by Gasteiger charge is -2.12. The monoisotopic (exact) mass is 326 g/mol. The number of halogens is 1. The van der Waals surface area contributed by atoms with Crippen molar-refractivity contribution in [3.05, 3.63) is 71.0 Å². The normalized spacial score (nSPS) is 11.2. The fraction of sp³-hybridized carbons (Fsp3) is 0.111. The number of amides is 1. The van der Waals surface area contributed by atoms with E-state index in [2.05, 4.69) is 4.98 Å². The lowest BCUT2D eigenvalue weighted by atomic mass is 10.2. The Hall–Kier alpha value is -2.53. The van der Waals surface area contributed by atoms with Crippen LogP contribution in [0.3, 0.4) is 0 Å². The first-order chi connectivity index (χ1) is 11.1. The Kier molecular flexibility index (Phi) is 4.48. The second-order valence-electron chi connectivity index (χ2n) is 5.16. The maximum Gasteiger partial charge on any atom is 0.246 e. The smallest absolute Gasteiger partial charge is 0.246 e. The Morgan fingerprint density at radius 3 is 2.87 bits per heavy atom. The summed E-state index contributed by atoms with van der Waals surface area (Å²) in [6.07, 6.45) is 3.06. The van der Waals surface area contributed by atoms with Gasteiger partial charge in [0.15, 0.2) is 0 Å². The number of nitrogens with zero attached hydrogens (tertiary/aromatic N) is 2. The minimum absolute atomic E-state index is 0.145. The standard InChI is InChI=1S/C18H15FN2OS/c1-21(12-17-20-15-7-2-3-8-16(15)23-17)18(22)10-9-13-5-4-6-14(19)11-13/h2-11H,12H2,1H3/b10-9+. The third kappa shape index (κ3) is 3.81. The summed E-state index contributed by atoms with van der Waals surface area (Å²) < 4.78 is 14.2. The number of rotatable bonds is 4. The predicted molar refractivity (Wildman–Crippen MR) is 91.5 cm³/mol. The van der Waals surface area contributed by atoms with E-state index in [4.69, 9.17) is 0 Å². The second-order valence-corrected chi connectivity index (χ2v) is 6.27. The molecule has 2 aromatic carbocycles. The average molecular weight is 326 g/mol. The summed E-state index contributed by atoms with van der Waals surface area (Å²) in [7, 11) is 1.73. The van der Waals surface area contributed by atoms with Crippen molar-refractivity contribution in [2.75, 3.05) is 7.05 Å². The van der Waals surface area contributed by atoms with Crippen LogP contribution in [0.1, 0.15) is 10.6 Å². The van der Waals surface area contributed by atoms with Crippen molar-refractivity contribution in [3.63, 3.8) is 0 Å². The van der Waals surface area contributed by atoms with Crippen LogP contribution in [-0.4, -0.2) is 22.8 Å². The number of carbonyl (C=O) groups excluding carboxylic acids is 1. The number of para-hydroxylation sites is 1. The lowest BCUT2D eigenvalue weighted by molar-refractivity contribution is -0.125. The summed E-state index contributed by atoms with van der Waals surface area (Å²) in [4.78, 5) is 18.2. The SMILES string of the molecule is CN(Cc1nc2ccccc2s1)C(=O)/C=C/c1cccc(F)c1. The Morgan fingerprint density at radius 2 is 2.09 bits per heavy atom. The number of hydrogen-bond donors (Lipinski definition) is 0. The van der Waals surface area contributed by atoms with E-state index in [1.54, 1.807) is 41.5 Å². The van der Waals surface area contributed by atoms with E-state index in [1.807, 2.05) is 24.3 Å². The molecule has 0 fully saturated rings. The number of hydrogen-bond acceptors (Lipinski definition) is 3. The zero-order valence-electron chi connectivity index (χ0n) is 12.6. The zero-order chi connectivity index (χ0) is 16.2. The van der Waals surface area contributed by atoms with Gasteiger partial charge in [0.05, 0.1) is 16.8 Å². The molecule has 0 atom stereocenters. The van der Waals surface area contributed by atoms with E-state index in [1.165, 1.54) is 18.2 Å². The second kappa shape index (κ2) is 6.71. The maximum atomic E-state index is 13.1. The molecular weight excluding hydrogens is 311 g/mol. The number of thiazole rings is 1. The van der Waals surface area contributed by atoms with E-state index in [0.717, 1.165) is 15.2 Å². The molecule has 3 nitrogen and oxygen atoms in total. The minimum Gasteiger partial charge on any atom is -0.335 e. The molecule has 0 aliphatic carbocycles. The zero-order valence-corrected chi connectivity index (χ0v) is 13.4. The van der Waals surface area contributed by atoms with E-state index < -0.39 is 0 Å². The molecule has 1 amide bonds. The molecule has 3 aromatic rings. The number of likely N-dealkylation sites (N-methyl/N-ethyl adjacent to an activating group) is 1. The number of aromatic nitrogens is 1. The van der Waals surface area contributed by atoms with Gasteiger partial charge < -0.3 is 4.90 Å². The van der Waals surface area contributed by atoms with E-state index >= 15 is 0 Å². The molecule has 23 heavy (non-hydrogen) atoms. The highest BCUT2D eigenvalue weighted by molar-refractivity contribution is 7.18. The van der Waals surface area contributed by atoms with E-state index in [-0.39, 0.29) is 11.7 Å². The number of fused-ring (bicyclic) bond motifs is 1. The first-order valence-corrected chi connectivity index (χ1v) is 7.97. The molecule has 0 unspecified atom stereocenters. The van der Waals surface area contributed by atoms with Gasteiger partial charge in [0.2, 0.25) is 5.91 Å². The minimum atomic E-state index is -0.317. The van der Waals surface area contributed by atoms with Gasteiger partial charge in [-0.05, 0) is 35.9 Å². The van der Waals surface area contributed by atoms with Gasteiger partial charge in [-0.3, -0.25) is 4.79 Å². The Morgan fingerprint density at radius 1 is 1.26 bits per heavy atom. The molecule has 0 saturated heterocycles. The largest absolute Gasteiger partial charge is 0.335 e. The van der Waals surface area contributed by atoms with E-state index in [9.17, 15) is 9.18 Å². The van der Waals surface area contributed by atoms with Crippen molar-refractivity contribution in [2.45, 2.75) is 6.54 Å². The Labute approximate surface area is 137 Å². The molecule has 3 rings (SSSR count). The van der Waals surface area contributed by atoms with Crippen molar-refractivity contribution >= 4 is 33.5 Å². The maximum absolute atomic E-state index is 13.1. The average Bonchev–Trinajstić information content (AvgIpc) is 2.94. The fourth-order valence-electron chi connectivity index (χ4n) is 2.17. The number of benzene rings is 2. The Balaban J connectivity index is 1.67. The highest BCUT2D eigenvalue weighted by Crippen LogP contribution is 2.22. The van der Waals surface area contributed by atoms with Crippen LogP contribution in [0, 0.1) is 5.82 Å². The first-order valence-electron chi connectivity index (χ1n) is 7.15. The van der Waals surface area contributed by atoms with Crippen molar-refractivity contribution in [1.82, 2.24) is 9.88 Å². The quantitative estimate of drug-likeness (QED) is 0.676. The van der Waals surface area contributed by atoms with Crippen LogP contribution in [0.4, 0.5) is 4.39 Å². The first kappa shape index (κ1) is 15.4. The van der Waals surface area contributed by atoms with Gasteiger partial charge in [0.25, 0.3) is 0 Å². The fourth-order valence-corrected chi connectivity index (χ4v) is 3.19. The molecule has 0 aliphatic heterocycles. The van der Waals surface area contributed by atoms with Gasteiger partial charge in [0.1, 0.15) is 10.8 Å². The van der Waals surface area contributed by atoms with Crippen LogP contribution >= 0.6 is 11.3 Å².